The Morgan fingerprint density at radius 1 is 1.33 bits per heavy atom. The molecular weight excluding hydrogens is 254 g/mol. The molecule has 0 fully saturated rings. The summed E-state index contributed by atoms with van der Waals surface area (Å²) < 4.78 is 21.8. The number of carbonyl (C=O) groups is 1. The van der Waals surface area contributed by atoms with Gasteiger partial charge in [-0.25, -0.2) is 13.6 Å². The van der Waals surface area contributed by atoms with E-state index in [1.807, 2.05) is 0 Å². The molecule has 1 rings (SSSR count). The lowest BCUT2D eigenvalue weighted by Crippen LogP contribution is -2.35. The third-order valence-electron chi connectivity index (χ3n) is 2.42. The van der Waals surface area contributed by atoms with Crippen LogP contribution in [0.15, 0.2) is 24.3 Å². The number of hydrogen-bond donors (Lipinski definition) is 3. The van der Waals surface area contributed by atoms with E-state index in [0.29, 0.717) is 11.3 Å². The van der Waals surface area contributed by atoms with E-state index in [1.54, 1.807) is 38.2 Å². The Balaban J connectivity index is 2.69. The molecule has 0 heterocycles. The van der Waals surface area contributed by atoms with E-state index in [0.717, 1.165) is 0 Å². The van der Waals surface area contributed by atoms with Crippen molar-refractivity contribution in [2.75, 3.05) is 12.4 Å². The quantitative estimate of drug-likeness (QED) is 0.702. The number of likely N-dealkylation sites (N-methyl/N-ethyl adjacent to an activating group) is 1. The lowest BCUT2D eigenvalue weighted by atomic mass is 10.2. The molecule has 0 spiro atoms. The summed E-state index contributed by atoms with van der Waals surface area (Å²) >= 11 is 0. The molecule has 0 saturated heterocycles. The van der Waals surface area contributed by atoms with Crippen molar-refractivity contribution in [3.8, 4) is 0 Å². The molecular formula is C11H17N3O3S. The van der Waals surface area contributed by atoms with Crippen LogP contribution in [0.5, 0.6) is 0 Å². The summed E-state index contributed by atoms with van der Waals surface area (Å²) in [5.41, 5.74) is 1.19. The molecule has 0 aliphatic carbocycles. The summed E-state index contributed by atoms with van der Waals surface area (Å²) in [7, 11) is -1.83. The van der Waals surface area contributed by atoms with Crippen molar-refractivity contribution >= 4 is 21.6 Å². The molecule has 1 amide bonds. The number of nitrogens with one attached hydrogen (secondary N) is 2. The number of nitrogens with two attached hydrogens (primary N) is 1. The first-order valence-electron chi connectivity index (χ1n) is 5.39. The van der Waals surface area contributed by atoms with Gasteiger partial charge in [-0.2, -0.15) is 0 Å². The standard InChI is InChI=1S/C11H17N3O3S/c1-8(13-2)11(15)14-10-5-3-9(4-6-10)7-18(12,16)17/h3-6,8,13H,7H2,1-2H3,(H,14,15)(H2,12,16,17). The second kappa shape index (κ2) is 5.94. The zero-order chi connectivity index (χ0) is 13.8. The van der Waals surface area contributed by atoms with Crippen LogP contribution in [-0.4, -0.2) is 27.4 Å². The maximum Gasteiger partial charge on any atom is 0.241 e. The van der Waals surface area contributed by atoms with Gasteiger partial charge in [-0.3, -0.25) is 4.79 Å². The molecule has 1 atom stereocenters. The van der Waals surface area contributed by atoms with Crippen LogP contribution >= 0.6 is 0 Å². The smallest absolute Gasteiger partial charge is 0.241 e. The number of hydrogen-bond acceptors (Lipinski definition) is 4. The van der Waals surface area contributed by atoms with Crippen LogP contribution in [0.2, 0.25) is 0 Å². The highest BCUT2D eigenvalue weighted by Gasteiger charge is 2.10. The first kappa shape index (κ1) is 14.6. The van der Waals surface area contributed by atoms with Crippen LogP contribution in [0, 0.1) is 0 Å². The minimum absolute atomic E-state index is 0.156. The fourth-order valence-corrected chi connectivity index (χ4v) is 1.96. The third kappa shape index (κ3) is 4.82. The number of benzene rings is 1. The number of anilines is 1. The molecule has 0 aromatic heterocycles. The minimum Gasteiger partial charge on any atom is -0.325 e. The molecule has 0 bridgehead atoms. The largest absolute Gasteiger partial charge is 0.325 e. The summed E-state index contributed by atoms with van der Waals surface area (Å²) in [5, 5.41) is 10.5. The third-order valence-corrected chi connectivity index (χ3v) is 3.15. The zero-order valence-electron chi connectivity index (χ0n) is 10.3. The van der Waals surface area contributed by atoms with Crippen LogP contribution in [0.3, 0.4) is 0 Å². The van der Waals surface area contributed by atoms with E-state index >= 15 is 0 Å². The van der Waals surface area contributed by atoms with Crippen LogP contribution in [0.1, 0.15) is 12.5 Å². The molecule has 0 saturated carbocycles. The van der Waals surface area contributed by atoms with Gasteiger partial charge < -0.3 is 10.6 Å². The number of amides is 1. The summed E-state index contributed by atoms with van der Waals surface area (Å²) in [5.74, 6) is -0.370. The minimum atomic E-state index is -3.53. The van der Waals surface area contributed by atoms with Gasteiger partial charge in [-0.15, -0.1) is 0 Å². The van der Waals surface area contributed by atoms with Crippen molar-refractivity contribution < 1.29 is 13.2 Å². The second-order valence-corrected chi connectivity index (χ2v) is 5.62. The molecule has 1 unspecified atom stereocenters. The van der Waals surface area contributed by atoms with Gasteiger partial charge in [0.05, 0.1) is 11.8 Å². The van der Waals surface area contributed by atoms with Crippen LogP contribution in [0.25, 0.3) is 0 Å². The van der Waals surface area contributed by atoms with Crippen molar-refractivity contribution in [3.63, 3.8) is 0 Å². The van der Waals surface area contributed by atoms with Crippen molar-refractivity contribution in [1.29, 1.82) is 0 Å². The molecule has 18 heavy (non-hydrogen) atoms. The highest BCUT2D eigenvalue weighted by molar-refractivity contribution is 7.88. The maximum absolute atomic E-state index is 11.6. The van der Waals surface area contributed by atoms with Gasteiger partial charge in [0, 0.05) is 5.69 Å². The number of primary sulfonamides is 1. The maximum atomic E-state index is 11.6. The molecule has 0 aliphatic heterocycles. The molecule has 6 nitrogen and oxygen atoms in total. The van der Waals surface area contributed by atoms with E-state index in [-0.39, 0.29) is 17.7 Å². The second-order valence-electron chi connectivity index (χ2n) is 4.00. The summed E-state index contributed by atoms with van der Waals surface area (Å²) in [4.78, 5) is 11.6. The molecule has 4 N–H and O–H groups in total. The molecule has 100 valence electrons. The van der Waals surface area contributed by atoms with Crippen LogP contribution in [-0.2, 0) is 20.6 Å². The molecule has 1 aromatic rings. The van der Waals surface area contributed by atoms with Gasteiger partial charge >= 0.3 is 0 Å². The van der Waals surface area contributed by atoms with Crippen molar-refractivity contribution in [2.45, 2.75) is 18.7 Å². The van der Waals surface area contributed by atoms with Gasteiger partial charge in [0.15, 0.2) is 0 Å². The van der Waals surface area contributed by atoms with Gasteiger partial charge in [-0.05, 0) is 31.7 Å². The Bertz CT molecular complexity index is 511. The fourth-order valence-electron chi connectivity index (χ4n) is 1.30. The Hall–Kier alpha value is -1.44. The zero-order valence-corrected chi connectivity index (χ0v) is 11.1. The number of rotatable bonds is 5. The Morgan fingerprint density at radius 2 is 1.89 bits per heavy atom. The topological polar surface area (TPSA) is 101 Å². The Kier molecular flexibility index (Phi) is 4.83. The monoisotopic (exact) mass is 271 g/mol. The van der Waals surface area contributed by atoms with E-state index in [4.69, 9.17) is 5.14 Å². The SMILES string of the molecule is CNC(C)C(=O)Nc1ccc(CS(N)(=O)=O)cc1. The Morgan fingerprint density at radius 3 is 2.33 bits per heavy atom. The molecule has 1 aromatic carbocycles. The number of sulfonamides is 1. The highest BCUT2D eigenvalue weighted by atomic mass is 32.2. The summed E-state index contributed by atoms with van der Waals surface area (Å²) in [6, 6.07) is 6.21. The van der Waals surface area contributed by atoms with E-state index < -0.39 is 10.0 Å². The predicted molar refractivity (Wildman–Crippen MR) is 70.4 cm³/mol. The molecule has 0 aliphatic rings. The molecule has 0 radical (unpaired) electrons. The fraction of sp³-hybridized carbons (Fsp3) is 0.364. The van der Waals surface area contributed by atoms with E-state index in [2.05, 4.69) is 10.6 Å². The average molecular weight is 271 g/mol. The van der Waals surface area contributed by atoms with Crippen LogP contribution in [0.4, 0.5) is 5.69 Å². The Labute approximate surface area is 107 Å². The summed E-state index contributed by atoms with van der Waals surface area (Å²) in [6.45, 7) is 1.74. The highest BCUT2D eigenvalue weighted by Crippen LogP contribution is 2.11. The first-order chi connectivity index (χ1) is 8.31. The van der Waals surface area contributed by atoms with Gasteiger partial charge in [0.2, 0.25) is 15.9 Å². The van der Waals surface area contributed by atoms with Crippen LogP contribution < -0.4 is 15.8 Å². The van der Waals surface area contributed by atoms with E-state index in [9.17, 15) is 13.2 Å². The van der Waals surface area contributed by atoms with Crippen molar-refractivity contribution in [1.82, 2.24) is 5.32 Å². The van der Waals surface area contributed by atoms with Crippen molar-refractivity contribution in [3.05, 3.63) is 29.8 Å². The van der Waals surface area contributed by atoms with E-state index in [1.165, 1.54) is 0 Å². The van der Waals surface area contributed by atoms with Gasteiger partial charge in [-0.1, -0.05) is 12.1 Å². The average Bonchev–Trinajstić information content (AvgIpc) is 2.28. The molecule has 7 heteroatoms. The first-order valence-corrected chi connectivity index (χ1v) is 7.11. The summed E-state index contributed by atoms with van der Waals surface area (Å²) in [6.07, 6.45) is 0. The lowest BCUT2D eigenvalue weighted by Gasteiger charge is -2.11. The lowest BCUT2D eigenvalue weighted by molar-refractivity contribution is -0.117. The van der Waals surface area contributed by atoms with Gasteiger partial charge in [0.1, 0.15) is 0 Å². The predicted octanol–water partition coefficient (Wildman–Crippen LogP) is 0.0215. The normalized spacial score (nSPS) is 13.1. The van der Waals surface area contributed by atoms with Gasteiger partial charge in [0.25, 0.3) is 0 Å². The number of carbonyl (C=O) groups excluding carboxylic acids is 1. The van der Waals surface area contributed by atoms with Crippen molar-refractivity contribution in [2.24, 2.45) is 5.14 Å².